The molecule has 0 radical (unpaired) electrons. The summed E-state index contributed by atoms with van der Waals surface area (Å²) in [5.41, 5.74) is 0. The van der Waals surface area contributed by atoms with Crippen molar-refractivity contribution in [1.82, 2.24) is 19.0 Å². The van der Waals surface area contributed by atoms with E-state index in [0.717, 1.165) is 0 Å². The van der Waals surface area contributed by atoms with Crippen LogP contribution in [-0.2, 0) is 14.8 Å². The van der Waals surface area contributed by atoms with Crippen LogP contribution in [-0.4, -0.2) is 98.1 Å². The van der Waals surface area contributed by atoms with Crippen molar-refractivity contribution in [3.63, 3.8) is 0 Å². The number of piperazine rings is 2. The monoisotopic (exact) mass is 494 g/mol. The lowest BCUT2D eigenvalue weighted by atomic mass is 10.2. The van der Waals surface area contributed by atoms with Crippen LogP contribution in [0.2, 0.25) is 5.02 Å². The number of hydrogen-bond donors (Lipinski definition) is 0. The van der Waals surface area contributed by atoms with Crippen molar-refractivity contribution in [2.75, 3.05) is 58.9 Å². The van der Waals surface area contributed by atoms with Gasteiger partial charge in [-0.05, 0) is 43.3 Å². The molecule has 0 spiro atoms. The van der Waals surface area contributed by atoms with Gasteiger partial charge in [0.05, 0.1) is 11.4 Å². The minimum atomic E-state index is -3.61. The standard InChI is InChI=1S/C22H27ClN4O5S/c1-17-2-7-20(32-17)22(29)26-10-8-24(9-11-26)16-21(28)25-12-14-27(15-13-25)33(30,31)19-5-3-18(23)4-6-19/h2-7H,8-16H2,1H3. The van der Waals surface area contributed by atoms with E-state index in [1.807, 2.05) is 4.90 Å². The third kappa shape index (κ3) is 5.40. The fraction of sp³-hybridized carbons (Fsp3) is 0.455. The zero-order valence-corrected chi connectivity index (χ0v) is 20.0. The first kappa shape index (κ1) is 23.7. The topological polar surface area (TPSA) is 94.4 Å². The van der Waals surface area contributed by atoms with Crippen LogP contribution in [0.3, 0.4) is 0 Å². The molecule has 0 saturated carbocycles. The SMILES string of the molecule is Cc1ccc(C(=O)N2CCN(CC(=O)N3CCN(S(=O)(=O)c4ccc(Cl)cc4)CC3)CC2)o1. The van der Waals surface area contributed by atoms with Gasteiger partial charge in [0, 0.05) is 57.4 Å². The molecule has 2 aliphatic heterocycles. The van der Waals surface area contributed by atoms with Gasteiger partial charge in [0.25, 0.3) is 5.91 Å². The van der Waals surface area contributed by atoms with Crippen molar-refractivity contribution in [3.8, 4) is 0 Å². The smallest absolute Gasteiger partial charge is 0.289 e. The minimum absolute atomic E-state index is 0.0278. The van der Waals surface area contributed by atoms with Gasteiger partial charge in [-0.25, -0.2) is 8.42 Å². The first-order chi connectivity index (χ1) is 15.7. The van der Waals surface area contributed by atoms with Crippen molar-refractivity contribution in [3.05, 3.63) is 52.9 Å². The van der Waals surface area contributed by atoms with E-state index in [1.54, 1.807) is 41.0 Å². The zero-order valence-electron chi connectivity index (χ0n) is 18.4. The summed E-state index contributed by atoms with van der Waals surface area (Å²) in [4.78, 5) is 30.9. The maximum atomic E-state index is 12.8. The molecule has 2 fully saturated rings. The minimum Gasteiger partial charge on any atom is -0.456 e. The maximum absolute atomic E-state index is 12.8. The lowest BCUT2D eigenvalue weighted by molar-refractivity contribution is -0.133. The highest BCUT2D eigenvalue weighted by molar-refractivity contribution is 7.89. The second kappa shape index (κ2) is 9.84. The molecule has 11 heteroatoms. The summed E-state index contributed by atoms with van der Waals surface area (Å²) in [5, 5.41) is 0.477. The number of benzene rings is 1. The van der Waals surface area contributed by atoms with Gasteiger partial charge in [-0.2, -0.15) is 4.31 Å². The molecule has 9 nitrogen and oxygen atoms in total. The van der Waals surface area contributed by atoms with Gasteiger partial charge in [0.1, 0.15) is 5.76 Å². The Labute approximate surface area is 198 Å². The molecule has 2 aliphatic rings. The van der Waals surface area contributed by atoms with Gasteiger partial charge >= 0.3 is 0 Å². The molecule has 0 N–H and O–H groups in total. The number of nitrogens with zero attached hydrogens (tertiary/aromatic N) is 4. The van der Waals surface area contributed by atoms with Crippen LogP contribution in [0.4, 0.5) is 0 Å². The van der Waals surface area contributed by atoms with E-state index >= 15 is 0 Å². The van der Waals surface area contributed by atoms with Crippen molar-refractivity contribution in [1.29, 1.82) is 0 Å². The number of carbonyl (C=O) groups excluding carboxylic acids is 2. The van der Waals surface area contributed by atoms with Gasteiger partial charge in [0.2, 0.25) is 15.9 Å². The summed E-state index contributed by atoms with van der Waals surface area (Å²) >= 11 is 5.85. The van der Waals surface area contributed by atoms with Crippen LogP contribution in [0.5, 0.6) is 0 Å². The Morgan fingerprint density at radius 1 is 0.879 bits per heavy atom. The summed E-state index contributed by atoms with van der Waals surface area (Å²) in [6, 6.07) is 9.54. The molecule has 3 heterocycles. The summed E-state index contributed by atoms with van der Waals surface area (Å²) in [5.74, 6) is 0.874. The molecule has 4 rings (SSSR count). The lowest BCUT2D eigenvalue weighted by Gasteiger charge is -2.37. The van der Waals surface area contributed by atoms with E-state index in [2.05, 4.69) is 0 Å². The van der Waals surface area contributed by atoms with E-state index in [0.29, 0.717) is 55.8 Å². The van der Waals surface area contributed by atoms with Gasteiger partial charge in [-0.15, -0.1) is 0 Å². The molecule has 0 bridgehead atoms. The number of halogens is 1. The van der Waals surface area contributed by atoms with Gasteiger partial charge in [-0.1, -0.05) is 11.6 Å². The Hall–Kier alpha value is -2.40. The maximum Gasteiger partial charge on any atom is 0.289 e. The molecule has 1 aromatic heterocycles. The molecular weight excluding hydrogens is 468 g/mol. The second-order valence-electron chi connectivity index (χ2n) is 8.22. The van der Waals surface area contributed by atoms with Crippen LogP contribution in [0, 0.1) is 6.92 Å². The summed E-state index contributed by atoms with van der Waals surface area (Å²) in [6.07, 6.45) is 0. The summed E-state index contributed by atoms with van der Waals surface area (Å²) < 4.78 is 32.4. The average molecular weight is 495 g/mol. The largest absolute Gasteiger partial charge is 0.456 e. The normalized spacial score (nSPS) is 18.5. The van der Waals surface area contributed by atoms with Crippen LogP contribution in [0.25, 0.3) is 0 Å². The molecule has 1 aromatic carbocycles. The predicted octanol–water partition coefficient (Wildman–Crippen LogP) is 1.53. The van der Waals surface area contributed by atoms with Crippen molar-refractivity contribution in [2.24, 2.45) is 0 Å². The third-order valence-corrected chi connectivity index (χ3v) is 8.18. The molecule has 0 aliphatic carbocycles. The number of carbonyl (C=O) groups is 2. The lowest BCUT2D eigenvalue weighted by Crippen LogP contribution is -2.55. The van der Waals surface area contributed by atoms with Crippen LogP contribution in [0.1, 0.15) is 16.3 Å². The first-order valence-corrected chi connectivity index (χ1v) is 12.7. The predicted molar refractivity (Wildman–Crippen MR) is 123 cm³/mol. The second-order valence-corrected chi connectivity index (χ2v) is 10.6. The van der Waals surface area contributed by atoms with Gasteiger partial charge < -0.3 is 14.2 Å². The Balaban J connectivity index is 1.24. The molecular formula is C22H27ClN4O5S. The average Bonchev–Trinajstić information content (AvgIpc) is 3.26. The number of rotatable bonds is 5. The summed E-state index contributed by atoms with van der Waals surface area (Å²) in [7, 11) is -3.61. The Kier molecular flexibility index (Phi) is 7.08. The Morgan fingerprint density at radius 3 is 2.06 bits per heavy atom. The number of aryl methyl sites for hydroxylation is 1. The van der Waals surface area contributed by atoms with Crippen molar-refractivity contribution >= 4 is 33.4 Å². The van der Waals surface area contributed by atoms with Crippen LogP contribution < -0.4 is 0 Å². The third-order valence-electron chi connectivity index (χ3n) is 6.01. The Bertz CT molecular complexity index is 1100. The molecule has 178 valence electrons. The molecule has 2 aromatic rings. The zero-order chi connectivity index (χ0) is 23.6. The fourth-order valence-corrected chi connectivity index (χ4v) is 5.59. The van der Waals surface area contributed by atoms with E-state index in [4.69, 9.17) is 16.0 Å². The van der Waals surface area contributed by atoms with Gasteiger partial charge in [0.15, 0.2) is 5.76 Å². The van der Waals surface area contributed by atoms with Crippen LogP contribution >= 0.6 is 11.6 Å². The number of amides is 2. The molecule has 0 atom stereocenters. The molecule has 2 amide bonds. The number of furan rings is 1. The quantitative estimate of drug-likeness (QED) is 0.625. The fourth-order valence-electron chi connectivity index (χ4n) is 4.04. The van der Waals surface area contributed by atoms with Crippen molar-refractivity contribution in [2.45, 2.75) is 11.8 Å². The van der Waals surface area contributed by atoms with Crippen LogP contribution in [0.15, 0.2) is 45.7 Å². The van der Waals surface area contributed by atoms with E-state index in [1.165, 1.54) is 16.4 Å². The van der Waals surface area contributed by atoms with E-state index in [-0.39, 0.29) is 36.3 Å². The molecule has 0 unspecified atom stereocenters. The highest BCUT2D eigenvalue weighted by Gasteiger charge is 2.31. The highest BCUT2D eigenvalue weighted by Crippen LogP contribution is 2.20. The Morgan fingerprint density at radius 2 is 1.48 bits per heavy atom. The van der Waals surface area contributed by atoms with Gasteiger partial charge in [-0.3, -0.25) is 14.5 Å². The summed E-state index contributed by atoms with van der Waals surface area (Å²) in [6.45, 7) is 5.51. The highest BCUT2D eigenvalue weighted by atomic mass is 35.5. The van der Waals surface area contributed by atoms with Crippen molar-refractivity contribution < 1.29 is 22.4 Å². The first-order valence-electron chi connectivity index (χ1n) is 10.9. The van der Waals surface area contributed by atoms with E-state index < -0.39 is 10.0 Å². The van der Waals surface area contributed by atoms with E-state index in [9.17, 15) is 18.0 Å². The number of hydrogen-bond acceptors (Lipinski definition) is 6. The molecule has 2 saturated heterocycles. The number of sulfonamides is 1. The molecule has 33 heavy (non-hydrogen) atoms.